The molecular weight excluding hydrogens is 352 g/mol. The SMILES string of the molecule is O=C(CCc1ccccc1)Nc1ccc(N2C(=O)c3ccccc3C2=O)cc1. The Morgan fingerprint density at radius 3 is 1.93 bits per heavy atom. The number of nitrogens with zero attached hydrogens (tertiary/aromatic N) is 1. The Bertz CT molecular complexity index is 1010. The van der Waals surface area contributed by atoms with E-state index in [1.54, 1.807) is 48.5 Å². The number of aryl methyl sites for hydroxylation is 1. The summed E-state index contributed by atoms with van der Waals surface area (Å²) in [5.74, 6) is -0.752. The number of fused-ring (bicyclic) bond motifs is 1. The summed E-state index contributed by atoms with van der Waals surface area (Å²) in [4.78, 5) is 38.4. The number of anilines is 2. The fraction of sp³-hybridized carbons (Fsp3) is 0.0870. The van der Waals surface area contributed by atoms with Gasteiger partial charge in [0.15, 0.2) is 0 Å². The third kappa shape index (κ3) is 3.42. The zero-order valence-corrected chi connectivity index (χ0v) is 15.1. The Labute approximate surface area is 162 Å². The van der Waals surface area contributed by atoms with Gasteiger partial charge in [-0.05, 0) is 48.4 Å². The highest BCUT2D eigenvalue weighted by atomic mass is 16.2. The molecule has 0 spiro atoms. The lowest BCUT2D eigenvalue weighted by atomic mass is 10.1. The molecule has 0 aliphatic carbocycles. The molecule has 0 aromatic heterocycles. The van der Waals surface area contributed by atoms with Gasteiger partial charge in [-0.2, -0.15) is 0 Å². The number of nitrogens with one attached hydrogen (secondary N) is 1. The first kappa shape index (κ1) is 17.7. The molecule has 0 atom stereocenters. The number of hydrogen-bond donors (Lipinski definition) is 1. The van der Waals surface area contributed by atoms with Crippen molar-refractivity contribution < 1.29 is 14.4 Å². The van der Waals surface area contributed by atoms with E-state index in [4.69, 9.17) is 0 Å². The van der Waals surface area contributed by atoms with Crippen molar-refractivity contribution in [2.45, 2.75) is 12.8 Å². The van der Waals surface area contributed by atoms with Crippen LogP contribution in [0.4, 0.5) is 11.4 Å². The molecule has 0 unspecified atom stereocenters. The third-order valence-electron chi connectivity index (χ3n) is 4.69. The topological polar surface area (TPSA) is 66.5 Å². The van der Waals surface area contributed by atoms with Crippen LogP contribution in [0.1, 0.15) is 32.7 Å². The number of imide groups is 1. The molecule has 0 bridgehead atoms. The molecule has 0 radical (unpaired) electrons. The van der Waals surface area contributed by atoms with Crippen molar-refractivity contribution in [3.8, 4) is 0 Å². The maximum absolute atomic E-state index is 12.5. The standard InChI is InChI=1S/C23H18N2O3/c26-21(15-10-16-6-2-1-3-7-16)24-17-11-13-18(14-12-17)25-22(27)19-8-4-5-9-20(19)23(25)28/h1-9,11-14H,10,15H2,(H,24,26). The summed E-state index contributed by atoms with van der Waals surface area (Å²) in [5, 5.41) is 2.84. The largest absolute Gasteiger partial charge is 0.326 e. The number of carbonyl (C=O) groups excluding carboxylic acids is 3. The van der Waals surface area contributed by atoms with Gasteiger partial charge >= 0.3 is 0 Å². The van der Waals surface area contributed by atoms with Crippen molar-refractivity contribution in [1.29, 1.82) is 0 Å². The number of carbonyl (C=O) groups is 3. The van der Waals surface area contributed by atoms with Gasteiger partial charge in [0, 0.05) is 12.1 Å². The van der Waals surface area contributed by atoms with Crippen LogP contribution in [-0.2, 0) is 11.2 Å². The molecule has 28 heavy (non-hydrogen) atoms. The average molecular weight is 370 g/mol. The van der Waals surface area contributed by atoms with Crippen LogP contribution in [0.25, 0.3) is 0 Å². The van der Waals surface area contributed by atoms with Gasteiger partial charge in [0.2, 0.25) is 5.91 Å². The zero-order valence-electron chi connectivity index (χ0n) is 15.1. The van der Waals surface area contributed by atoms with E-state index in [2.05, 4.69) is 5.32 Å². The molecule has 1 heterocycles. The lowest BCUT2D eigenvalue weighted by molar-refractivity contribution is -0.116. The molecule has 4 rings (SSSR count). The lowest BCUT2D eigenvalue weighted by Gasteiger charge is -2.14. The Balaban J connectivity index is 1.41. The van der Waals surface area contributed by atoms with Gasteiger partial charge < -0.3 is 5.32 Å². The second-order valence-corrected chi connectivity index (χ2v) is 6.57. The summed E-state index contributed by atoms with van der Waals surface area (Å²) >= 11 is 0. The first-order valence-electron chi connectivity index (χ1n) is 9.05. The van der Waals surface area contributed by atoms with E-state index in [0.29, 0.717) is 35.3 Å². The van der Waals surface area contributed by atoms with Gasteiger partial charge in [-0.25, -0.2) is 4.90 Å². The Kier molecular flexibility index (Phi) is 4.72. The fourth-order valence-corrected chi connectivity index (χ4v) is 3.24. The normalized spacial score (nSPS) is 12.8. The summed E-state index contributed by atoms with van der Waals surface area (Å²) in [5.41, 5.74) is 3.03. The molecule has 5 nitrogen and oxygen atoms in total. The molecule has 0 saturated carbocycles. The van der Waals surface area contributed by atoms with E-state index >= 15 is 0 Å². The van der Waals surface area contributed by atoms with Gasteiger partial charge in [-0.3, -0.25) is 14.4 Å². The summed E-state index contributed by atoms with van der Waals surface area (Å²) < 4.78 is 0. The predicted molar refractivity (Wildman–Crippen MR) is 107 cm³/mol. The Morgan fingerprint density at radius 1 is 0.750 bits per heavy atom. The van der Waals surface area contributed by atoms with Crippen LogP contribution in [-0.4, -0.2) is 17.7 Å². The molecular formula is C23H18N2O3. The van der Waals surface area contributed by atoms with Crippen molar-refractivity contribution in [3.63, 3.8) is 0 Å². The van der Waals surface area contributed by atoms with Gasteiger partial charge in [0.05, 0.1) is 16.8 Å². The van der Waals surface area contributed by atoms with Gasteiger partial charge in [0.1, 0.15) is 0 Å². The van der Waals surface area contributed by atoms with E-state index in [1.807, 2.05) is 30.3 Å². The maximum Gasteiger partial charge on any atom is 0.266 e. The van der Waals surface area contributed by atoms with Crippen molar-refractivity contribution in [2.75, 3.05) is 10.2 Å². The number of amides is 3. The lowest BCUT2D eigenvalue weighted by Crippen LogP contribution is -2.29. The summed E-state index contributed by atoms with van der Waals surface area (Å²) in [7, 11) is 0. The van der Waals surface area contributed by atoms with Crippen LogP contribution >= 0.6 is 0 Å². The Morgan fingerprint density at radius 2 is 1.32 bits per heavy atom. The minimum Gasteiger partial charge on any atom is -0.326 e. The molecule has 3 aromatic carbocycles. The molecule has 0 fully saturated rings. The van der Waals surface area contributed by atoms with E-state index in [0.717, 1.165) is 10.5 Å². The zero-order chi connectivity index (χ0) is 19.5. The maximum atomic E-state index is 12.5. The number of hydrogen-bond acceptors (Lipinski definition) is 3. The number of rotatable bonds is 5. The quantitative estimate of drug-likeness (QED) is 0.689. The van der Waals surface area contributed by atoms with Crippen LogP contribution < -0.4 is 10.2 Å². The molecule has 3 aromatic rings. The first-order valence-corrected chi connectivity index (χ1v) is 9.05. The molecule has 0 saturated heterocycles. The van der Waals surface area contributed by atoms with Crippen LogP contribution in [0.15, 0.2) is 78.9 Å². The summed E-state index contributed by atoms with van der Waals surface area (Å²) in [6.07, 6.45) is 1.05. The van der Waals surface area contributed by atoms with E-state index in [1.165, 1.54) is 0 Å². The third-order valence-corrected chi connectivity index (χ3v) is 4.69. The molecule has 1 N–H and O–H groups in total. The smallest absolute Gasteiger partial charge is 0.266 e. The molecule has 3 amide bonds. The molecule has 1 aliphatic heterocycles. The van der Waals surface area contributed by atoms with Crippen molar-refractivity contribution in [3.05, 3.63) is 95.6 Å². The van der Waals surface area contributed by atoms with Crippen LogP contribution in [0.3, 0.4) is 0 Å². The monoisotopic (exact) mass is 370 g/mol. The van der Waals surface area contributed by atoms with E-state index in [-0.39, 0.29) is 17.7 Å². The van der Waals surface area contributed by atoms with Gasteiger partial charge in [0.25, 0.3) is 11.8 Å². The van der Waals surface area contributed by atoms with Crippen molar-refractivity contribution >= 4 is 29.1 Å². The minimum absolute atomic E-state index is 0.0858. The highest BCUT2D eigenvalue weighted by Crippen LogP contribution is 2.29. The van der Waals surface area contributed by atoms with Crippen molar-refractivity contribution in [2.24, 2.45) is 0 Å². The van der Waals surface area contributed by atoms with Crippen LogP contribution in [0.2, 0.25) is 0 Å². The van der Waals surface area contributed by atoms with E-state index < -0.39 is 0 Å². The molecule has 1 aliphatic rings. The van der Waals surface area contributed by atoms with Crippen molar-refractivity contribution in [1.82, 2.24) is 0 Å². The predicted octanol–water partition coefficient (Wildman–Crippen LogP) is 4.06. The highest BCUT2D eigenvalue weighted by Gasteiger charge is 2.36. The minimum atomic E-state index is -0.333. The highest BCUT2D eigenvalue weighted by molar-refractivity contribution is 6.34. The fourth-order valence-electron chi connectivity index (χ4n) is 3.24. The van der Waals surface area contributed by atoms with Crippen LogP contribution in [0, 0.1) is 0 Å². The second kappa shape index (κ2) is 7.48. The summed E-state index contributed by atoms with van der Waals surface area (Å²) in [6, 6.07) is 23.3. The second-order valence-electron chi connectivity index (χ2n) is 6.57. The van der Waals surface area contributed by atoms with Crippen LogP contribution in [0.5, 0.6) is 0 Å². The Hall–Kier alpha value is -3.73. The molecule has 5 heteroatoms. The average Bonchev–Trinajstić information content (AvgIpc) is 2.99. The molecule has 138 valence electrons. The van der Waals surface area contributed by atoms with Gasteiger partial charge in [-0.1, -0.05) is 42.5 Å². The summed E-state index contributed by atoms with van der Waals surface area (Å²) in [6.45, 7) is 0. The van der Waals surface area contributed by atoms with E-state index in [9.17, 15) is 14.4 Å². The number of benzene rings is 3. The first-order chi connectivity index (χ1) is 13.6. The van der Waals surface area contributed by atoms with Gasteiger partial charge in [-0.15, -0.1) is 0 Å².